The van der Waals surface area contributed by atoms with Crippen LogP contribution >= 0.6 is 11.6 Å². The van der Waals surface area contributed by atoms with Crippen molar-refractivity contribution in [1.29, 1.82) is 5.26 Å². The summed E-state index contributed by atoms with van der Waals surface area (Å²) in [5, 5.41) is 52.2. The minimum Gasteiger partial charge on any atom is -0.488 e. The van der Waals surface area contributed by atoms with Crippen LogP contribution in [0.5, 0.6) is 11.5 Å². The number of piperidine rings is 1. The summed E-state index contributed by atoms with van der Waals surface area (Å²) in [6.07, 6.45) is 12.3. The largest absolute Gasteiger partial charge is 0.488 e. The van der Waals surface area contributed by atoms with Crippen molar-refractivity contribution in [3.8, 4) is 17.6 Å². The van der Waals surface area contributed by atoms with Crippen LogP contribution in [0.15, 0.2) is 79.2 Å². The van der Waals surface area contributed by atoms with Crippen molar-refractivity contribution in [2.45, 2.75) is 57.4 Å². The molecule has 1 aliphatic heterocycles. The molecule has 11 nitrogen and oxygen atoms in total. The summed E-state index contributed by atoms with van der Waals surface area (Å²) >= 11 is 6.91. The van der Waals surface area contributed by atoms with E-state index in [1.54, 1.807) is 24.4 Å². The maximum Gasteiger partial charge on any atom is 0.141 e. The van der Waals surface area contributed by atoms with Crippen LogP contribution in [0.1, 0.15) is 55.4 Å². The highest BCUT2D eigenvalue weighted by molar-refractivity contribution is 6.32. The van der Waals surface area contributed by atoms with Crippen molar-refractivity contribution in [1.82, 2.24) is 15.2 Å². The molecular weight excluding hydrogens is 708 g/mol. The zero-order valence-electron chi connectivity index (χ0n) is 31.2. The van der Waals surface area contributed by atoms with Gasteiger partial charge in [0, 0.05) is 67.8 Å². The van der Waals surface area contributed by atoms with Gasteiger partial charge in [0.1, 0.15) is 36.4 Å². The first-order chi connectivity index (χ1) is 26.1. The lowest BCUT2D eigenvalue weighted by atomic mass is 9.65. The number of aliphatic hydroxyl groups excluding tert-OH is 4. The van der Waals surface area contributed by atoms with Crippen LogP contribution in [-0.4, -0.2) is 101 Å². The molecule has 2 heterocycles. The van der Waals surface area contributed by atoms with E-state index in [0.717, 1.165) is 50.0 Å². The minimum atomic E-state index is -1.33. The van der Waals surface area contributed by atoms with Gasteiger partial charge >= 0.3 is 0 Å². The number of hydrogen-bond donors (Lipinski definition) is 5. The maximum absolute atomic E-state index is 9.91. The molecule has 12 heteroatoms. The fraction of sp³-hybridized carbons (Fsp3) is 0.476. The van der Waals surface area contributed by atoms with Crippen molar-refractivity contribution in [2.24, 2.45) is 11.3 Å². The summed E-state index contributed by atoms with van der Waals surface area (Å²) in [4.78, 5) is 6.54. The predicted molar refractivity (Wildman–Crippen MR) is 208 cm³/mol. The molecule has 0 bridgehead atoms. The lowest BCUT2D eigenvalue weighted by Gasteiger charge is -2.47. The Balaban J connectivity index is 1.41. The third-order valence-electron chi connectivity index (χ3n) is 10.7. The first-order valence-electron chi connectivity index (χ1n) is 18.5. The zero-order valence-corrected chi connectivity index (χ0v) is 32.0. The number of pyridine rings is 1. The summed E-state index contributed by atoms with van der Waals surface area (Å²) in [6, 6.07) is 17.4. The van der Waals surface area contributed by atoms with Gasteiger partial charge in [-0.15, -0.1) is 0 Å². The highest BCUT2D eigenvalue weighted by atomic mass is 35.5. The molecule has 2 aromatic carbocycles. The van der Waals surface area contributed by atoms with Gasteiger partial charge in [-0.25, -0.2) is 0 Å². The molecule has 5 N–H and O–H groups in total. The van der Waals surface area contributed by atoms with Gasteiger partial charge in [-0.1, -0.05) is 67.9 Å². The molecular formula is C42H53ClN4O7. The molecule has 0 saturated carbocycles. The maximum atomic E-state index is 9.91. The average Bonchev–Trinajstić information content (AvgIpc) is 3.20. The number of allylic oxidation sites excluding steroid dienone is 2. The number of aromatic nitrogens is 1. The highest BCUT2D eigenvalue weighted by Crippen LogP contribution is 2.49. The zero-order chi connectivity index (χ0) is 38.6. The smallest absolute Gasteiger partial charge is 0.141 e. The fourth-order valence-corrected chi connectivity index (χ4v) is 7.34. The van der Waals surface area contributed by atoms with Gasteiger partial charge in [-0.2, -0.15) is 5.26 Å². The molecule has 1 aliphatic carbocycles. The molecule has 1 fully saturated rings. The normalized spacial score (nSPS) is 20.0. The second-order valence-electron chi connectivity index (χ2n) is 14.8. The van der Waals surface area contributed by atoms with Crippen LogP contribution in [0.2, 0.25) is 5.02 Å². The van der Waals surface area contributed by atoms with Gasteiger partial charge in [0.15, 0.2) is 0 Å². The molecule has 290 valence electrons. The molecule has 2 atom stereocenters. The van der Waals surface area contributed by atoms with E-state index in [0.29, 0.717) is 45.7 Å². The van der Waals surface area contributed by atoms with Crippen LogP contribution in [0, 0.1) is 22.7 Å². The van der Waals surface area contributed by atoms with Crippen molar-refractivity contribution in [2.75, 3.05) is 59.3 Å². The Morgan fingerprint density at radius 1 is 1.04 bits per heavy atom. The molecule has 2 aliphatic rings. The Kier molecular flexibility index (Phi) is 14.7. The second kappa shape index (κ2) is 19.2. The van der Waals surface area contributed by atoms with E-state index in [2.05, 4.69) is 59.4 Å². The number of aliphatic hydroxyl groups is 4. The number of nitriles is 1. The van der Waals surface area contributed by atoms with Crippen LogP contribution in [-0.2, 0) is 17.9 Å². The third kappa shape index (κ3) is 9.88. The first-order valence-corrected chi connectivity index (χ1v) is 18.9. The SMILES string of the molecule is CC1(C)C(c2ccccc2)=CC=CC1(COc1cc(OCc2cncc(C#N)c2)c(CNC(CO)(CO)CO)cc1Cl)OCCCN1CCCC(CO)C1. The van der Waals surface area contributed by atoms with Crippen molar-refractivity contribution < 1.29 is 34.6 Å². The summed E-state index contributed by atoms with van der Waals surface area (Å²) < 4.78 is 19.8. The Morgan fingerprint density at radius 3 is 2.54 bits per heavy atom. The van der Waals surface area contributed by atoms with Gasteiger partial charge in [0.2, 0.25) is 0 Å². The first kappa shape index (κ1) is 41.3. The molecule has 54 heavy (non-hydrogen) atoms. The molecule has 0 radical (unpaired) electrons. The number of nitrogens with one attached hydrogen (secondary N) is 1. The topological polar surface area (TPSA) is 161 Å². The van der Waals surface area contributed by atoms with Crippen LogP contribution in [0.25, 0.3) is 5.57 Å². The summed E-state index contributed by atoms with van der Waals surface area (Å²) in [7, 11) is 0. The second-order valence-corrected chi connectivity index (χ2v) is 15.2. The minimum absolute atomic E-state index is 0.0891. The standard InChI is InChI=1S/C42H53ClN4O7/c1-40(2)36(34-10-4-3-5-11-34)12-6-13-42(40,54-16-8-15-47-14-7-9-31(24-47)25-48)30-53-39-19-38(52-26-33-17-32(20-44)21-45-22-33)35(18-37(39)43)23-46-41(27-49,28-50)29-51/h3-6,10-13,17-19,21-22,31,46,48-51H,7-9,14-16,23-30H2,1-2H3. The van der Waals surface area contributed by atoms with E-state index in [1.807, 2.05) is 24.3 Å². The number of nitrogens with zero attached hydrogens (tertiary/aromatic N) is 3. The van der Waals surface area contributed by atoms with Crippen LogP contribution in [0.3, 0.4) is 0 Å². The van der Waals surface area contributed by atoms with Gasteiger partial charge in [0.05, 0.1) is 35.9 Å². The number of likely N-dealkylation sites (tertiary alicyclic amines) is 1. The Labute approximate surface area is 323 Å². The van der Waals surface area contributed by atoms with Crippen molar-refractivity contribution in [3.63, 3.8) is 0 Å². The summed E-state index contributed by atoms with van der Waals surface area (Å²) in [6.45, 7) is 6.65. The molecule has 2 unspecified atom stereocenters. The van der Waals surface area contributed by atoms with Gasteiger partial charge in [-0.05, 0) is 61.1 Å². The van der Waals surface area contributed by atoms with E-state index in [-0.39, 0.29) is 26.4 Å². The van der Waals surface area contributed by atoms with Crippen LogP contribution in [0.4, 0.5) is 0 Å². The highest BCUT2D eigenvalue weighted by Gasteiger charge is 2.49. The van der Waals surface area contributed by atoms with E-state index in [4.69, 9.17) is 25.8 Å². The summed E-state index contributed by atoms with van der Waals surface area (Å²) in [5.74, 6) is 1.09. The number of rotatable bonds is 19. The Bertz CT molecular complexity index is 1770. The predicted octanol–water partition coefficient (Wildman–Crippen LogP) is 4.90. The van der Waals surface area contributed by atoms with Crippen LogP contribution < -0.4 is 14.8 Å². The Hall–Kier alpha value is -3.83. The molecule has 5 rings (SSSR count). The van der Waals surface area contributed by atoms with Gasteiger partial charge < -0.3 is 44.9 Å². The number of ether oxygens (including phenoxy) is 3. The third-order valence-corrected chi connectivity index (χ3v) is 11.0. The molecule has 0 spiro atoms. The fourth-order valence-electron chi connectivity index (χ4n) is 7.10. The number of hydrogen-bond acceptors (Lipinski definition) is 11. The Morgan fingerprint density at radius 2 is 1.81 bits per heavy atom. The van der Waals surface area contributed by atoms with E-state index in [9.17, 15) is 25.7 Å². The van der Waals surface area contributed by atoms with E-state index in [1.165, 1.54) is 6.20 Å². The monoisotopic (exact) mass is 760 g/mol. The molecule has 1 aromatic heterocycles. The lowest BCUT2D eigenvalue weighted by molar-refractivity contribution is -0.0931. The van der Waals surface area contributed by atoms with E-state index < -0.39 is 36.4 Å². The van der Waals surface area contributed by atoms with Crippen molar-refractivity contribution >= 4 is 17.2 Å². The lowest BCUT2D eigenvalue weighted by Crippen LogP contribution is -2.54. The number of halogens is 1. The van der Waals surface area contributed by atoms with Gasteiger partial charge in [0.25, 0.3) is 0 Å². The quantitative estimate of drug-likeness (QED) is 0.106. The molecule has 1 saturated heterocycles. The molecule has 0 amide bonds. The number of benzene rings is 2. The van der Waals surface area contributed by atoms with Gasteiger partial charge in [-0.3, -0.25) is 4.98 Å². The summed E-state index contributed by atoms with van der Waals surface area (Å²) in [5.41, 5.74) is 1.13. The van der Waals surface area contributed by atoms with Crippen molar-refractivity contribution in [3.05, 3.63) is 106 Å². The average molecular weight is 761 g/mol. The van der Waals surface area contributed by atoms with E-state index >= 15 is 0 Å². The molecule has 3 aromatic rings.